The molecule has 34 heavy (non-hydrogen) atoms. The molecule has 1 aliphatic heterocycles. The van der Waals surface area contributed by atoms with Gasteiger partial charge in [-0.2, -0.15) is 0 Å². The van der Waals surface area contributed by atoms with Crippen LogP contribution < -0.4 is 19.7 Å². The Labute approximate surface area is 204 Å². The summed E-state index contributed by atoms with van der Waals surface area (Å²) in [7, 11) is 3.74. The second kappa shape index (κ2) is 9.19. The van der Waals surface area contributed by atoms with Gasteiger partial charge < -0.3 is 24.3 Å². The summed E-state index contributed by atoms with van der Waals surface area (Å²) in [6, 6.07) is 25.7. The van der Waals surface area contributed by atoms with E-state index in [1.165, 1.54) is 11.4 Å². The van der Waals surface area contributed by atoms with Gasteiger partial charge in [-0.15, -0.1) is 0 Å². The number of pyridine rings is 1. The highest BCUT2D eigenvalue weighted by Gasteiger charge is 2.41. The van der Waals surface area contributed by atoms with Gasteiger partial charge >= 0.3 is 0 Å². The maximum atomic E-state index is 6.01. The smallest absolute Gasteiger partial charge is 0.174 e. The highest BCUT2D eigenvalue weighted by molar-refractivity contribution is 7.80. The Bertz CT molecular complexity index is 1290. The Balaban J connectivity index is 1.47. The van der Waals surface area contributed by atoms with Gasteiger partial charge in [-0.25, -0.2) is 0 Å². The van der Waals surface area contributed by atoms with Crippen LogP contribution in [0.25, 0.3) is 0 Å². The molecule has 1 N–H and O–H groups in total. The third-order valence-corrected chi connectivity index (χ3v) is 6.54. The molecule has 7 heteroatoms. The standard InChI is InChI=1S/C27H26N4O2S/c1-18-7-16-24(30(18)2)26-25(23-6-4-5-17-28-23)29-27(34)31(26)19-8-10-21(11-9-19)33-22-14-12-20(32-3)13-15-22/h4-17,25-26H,1-3H3,(H,29,34). The fourth-order valence-electron chi connectivity index (χ4n) is 4.32. The number of rotatable bonds is 6. The molecule has 1 fully saturated rings. The molecule has 0 saturated carbocycles. The van der Waals surface area contributed by atoms with Gasteiger partial charge in [-0.1, -0.05) is 6.07 Å². The lowest BCUT2D eigenvalue weighted by atomic mass is 10.0. The van der Waals surface area contributed by atoms with E-state index in [1.807, 2.05) is 72.9 Å². The molecule has 1 saturated heterocycles. The van der Waals surface area contributed by atoms with Gasteiger partial charge in [0.15, 0.2) is 5.11 Å². The zero-order chi connectivity index (χ0) is 23.7. The summed E-state index contributed by atoms with van der Waals surface area (Å²) in [6.07, 6.45) is 1.82. The van der Waals surface area contributed by atoms with E-state index in [1.54, 1.807) is 7.11 Å². The first-order valence-electron chi connectivity index (χ1n) is 11.1. The van der Waals surface area contributed by atoms with Crippen molar-refractivity contribution in [3.8, 4) is 17.2 Å². The maximum absolute atomic E-state index is 6.01. The van der Waals surface area contributed by atoms with Crippen LogP contribution in [0.3, 0.4) is 0 Å². The summed E-state index contributed by atoms with van der Waals surface area (Å²) in [6.45, 7) is 2.11. The Kier molecular flexibility index (Phi) is 5.94. The number of aryl methyl sites for hydroxylation is 1. The summed E-state index contributed by atoms with van der Waals surface area (Å²) in [5.41, 5.74) is 4.30. The fraction of sp³-hybridized carbons (Fsp3) is 0.185. The van der Waals surface area contributed by atoms with Crippen LogP contribution in [0.1, 0.15) is 29.2 Å². The van der Waals surface area contributed by atoms with Gasteiger partial charge in [0.2, 0.25) is 0 Å². The zero-order valence-corrected chi connectivity index (χ0v) is 20.1. The predicted molar refractivity (Wildman–Crippen MR) is 138 cm³/mol. The van der Waals surface area contributed by atoms with Crippen LogP contribution in [0.2, 0.25) is 0 Å². The van der Waals surface area contributed by atoms with Gasteiger partial charge in [-0.05, 0) is 91.9 Å². The van der Waals surface area contributed by atoms with Crippen LogP contribution in [0.15, 0.2) is 85.1 Å². The number of nitrogens with zero attached hydrogens (tertiary/aromatic N) is 3. The fourth-order valence-corrected chi connectivity index (χ4v) is 4.66. The quantitative estimate of drug-likeness (QED) is 0.365. The molecule has 0 amide bonds. The van der Waals surface area contributed by atoms with Gasteiger partial charge in [0, 0.05) is 30.3 Å². The van der Waals surface area contributed by atoms with Crippen molar-refractivity contribution < 1.29 is 9.47 Å². The van der Waals surface area contributed by atoms with Gasteiger partial charge in [0.25, 0.3) is 0 Å². The van der Waals surface area contributed by atoms with Crippen LogP contribution in [0.5, 0.6) is 17.2 Å². The Morgan fingerprint density at radius 1 is 0.882 bits per heavy atom. The summed E-state index contributed by atoms with van der Waals surface area (Å²) in [5.74, 6) is 2.29. The molecule has 6 nitrogen and oxygen atoms in total. The number of benzene rings is 2. The third kappa shape index (κ3) is 4.10. The first kappa shape index (κ1) is 22.0. The Morgan fingerprint density at radius 2 is 1.56 bits per heavy atom. The molecular formula is C27H26N4O2S. The first-order valence-corrected chi connectivity index (χ1v) is 11.5. The molecular weight excluding hydrogens is 444 g/mol. The van der Waals surface area contributed by atoms with Crippen molar-refractivity contribution in [2.45, 2.75) is 19.0 Å². The monoisotopic (exact) mass is 470 g/mol. The van der Waals surface area contributed by atoms with Crippen molar-refractivity contribution in [1.29, 1.82) is 0 Å². The normalized spacial score (nSPS) is 17.5. The minimum atomic E-state index is -0.0723. The lowest BCUT2D eigenvalue weighted by Gasteiger charge is -2.28. The van der Waals surface area contributed by atoms with Crippen molar-refractivity contribution in [2.24, 2.45) is 7.05 Å². The molecule has 2 aromatic heterocycles. The molecule has 2 aromatic carbocycles. The van der Waals surface area contributed by atoms with E-state index in [9.17, 15) is 0 Å². The average molecular weight is 471 g/mol. The van der Waals surface area contributed by atoms with E-state index >= 15 is 0 Å². The van der Waals surface area contributed by atoms with Gasteiger partial charge in [0.1, 0.15) is 23.3 Å². The molecule has 1 aliphatic rings. The molecule has 5 rings (SSSR count). The van der Waals surface area contributed by atoms with E-state index < -0.39 is 0 Å². The van der Waals surface area contributed by atoms with Crippen molar-refractivity contribution >= 4 is 23.0 Å². The van der Waals surface area contributed by atoms with Crippen LogP contribution in [-0.4, -0.2) is 21.8 Å². The van der Waals surface area contributed by atoms with Crippen LogP contribution >= 0.6 is 12.2 Å². The minimum Gasteiger partial charge on any atom is -0.497 e. The molecule has 2 atom stereocenters. The summed E-state index contributed by atoms with van der Waals surface area (Å²) >= 11 is 5.82. The number of hydrogen-bond donors (Lipinski definition) is 1. The van der Waals surface area contributed by atoms with Crippen LogP contribution in [0, 0.1) is 6.92 Å². The van der Waals surface area contributed by atoms with Crippen molar-refractivity contribution in [2.75, 3.05) is 12.0 Å². The van der Waals surface area contributed by atoms with Crippen molar-refractivity contribution in [3.63, 3.8) is 0 Å². The molecule has 0 spiro atoms. The summed E-state index contributed by atoms with van der Waals surface area (Å²) in [5, 5.41) is 4.18. The zero-order valence-electron chi connectivity index (χ0n) is 19.3. The third-order valence-electron chi connectivity index (χ3n) is 6.22. The number of nitrogens with one attached hydrogen (secondary N) is 1. The largest absolute Gasteiger partial charge is 0.497 e. The maximum Gasteiger partial charge on any atom is 0.174 e. The molecule has 4 aromatic rings. The van der Waals surface area contributed by atoms with E-state index in [-0.39, 0.29) is 12.1 Å². The lowest BCUT2D eigenvalue weighted by molar-refractivity contribution is 0.413. The van der Waals surface area contributed by atoms with E-state index in [4.69, 9.17) is 21.7 Å². The van der Waals surface area contributed by atoms with Crippen LogP contribution in [-0.2, 0) is 7.05 Å². The van der Waals surface area contributed by atoms with Crippen LogP contribution in [0.4, 0.5) is 5.69 Å². The number of ether oxygens (including phenoxy) is 2. The first-order chi connectivity index (χ1) is 16.5. The van der Waals surface area contributed by atoms with Crippen molar-refractivity contribution in [3.05, 3.63) is 102 Å². The summed E-state index contributed by atoms with van der Waals surface area (Å²) < 4.78 is 13.4. The SMILES string of the molecule is COc1ccc(Oc2ccc(N3C(=S)NC(c4ccccn4)C3c3ccc(C)n3C)cc2)cc1. The molecule has 0 aliphatic carbocycles. The van der Waals surface area contributed by atoms with E-state index in [0.717, 1.165) is 28.6 Å². The highest BCUT2D eigenvalue weighted by Crippen LogP contribution is 2.42. The Morgan fingerprint density at radius 3 is 2.15 bits per heavy atom. The van der Waals surface area contributed by atoms with Gasteiger partial charge in [-0.3, -0.25) is 4.98 Å². The molecule has 172 valence electrons. The summed E-state index contributed by atoms with van der Waals surface area (Å²) in [4.78, 5) is 6.79. The van der Waals surface area contributed by atoms with Crippen molar-refractivity contribution in [1.82, 2.24) is 14.9 Å². The van der Waals surface area contributed by atoms with Gasteiger partial charge in [0.05, 0.1) is 18.8 Å². The number of methoxy groups -OCH3 is 1. The Hall–Kier alpha value is -3.84. The molecule has 3 heterocycles. The highest BCUT2D eigenvalue weighted by atomic mass is 32.1. The molecule has 2 unspecified atom stereocenters. The molecule has 0 bridgehead atoms. The number of thiocarbonyl (C=S) groups is 1. The topological polar surface area (TPSA) is 51.6 Å². The molecule has 0 radical (unpaired) electrons. The lowest BCUT2D eigenvalue weighted by Crippen LogP contribution is -2.30. The van der Waals surface area contributed by atoms with E-state index in [0.29, 0.717) is 5.11 Å². The number of aromatic nitrogens is 2. The average Bonchev–Trinajstić information content (AvgIpc) is 3.39. The minimum absolute atomic E-state index is 0.0468. The second-order valence-corrected chi connectivity index (χ2v) is 8.61. The van der Waals surface area contributed by atoms with E-state index in [2.05, 4.69) is 45.9 Å². The number of anilines is 1. The predicted octanol–water partition coefficient (Wildman–Crippen LogP) is 5.71. The number of hydrogen-bond acceptors (Lipinski definition) is 4. The second-order valence-electron chi connectivity index (χ2n) is 8.23.